The van der Waals surface area contributed by atoms with E-state index < -0.39 is 12.0 Å². The first-order chi connectivity index (χ1) is 12.4. The van der Waals surface area contributed by atoms with E-state index in [0.717, 1.165) is 10.5 Å². The number of benzene rings is 1. The first kappa shape index (κ1) is 20.3. The van der Waals surface area contributed by atoms with Crippen LogP contribution >= 0.6 is 23.5 Å². The molecule has 1 aromatic carbocycles. The smallest absolute Gasteiger partial charge is 0.305 e. The summed E-state index contributed by atoms with van der Waals surface area (Å²) in [4.78, 5) is 24.6. The van der Waals surface area contributed by atoms with Crippen LogP contribution in [0.15, 0.2) is 40.6 Å². The van der Waals surface area contributed by atoms with Gasteiger partial charge in [-0.05, 0) is 37.8 Å². The number of carboxylic acid groups (broad SMARTS) is 1. The van der Waals surface area contributed by atoms with E-state index in [1.54, 1.807) is 18.1 Å². The molecule has 0 bridgehead atoms. The van der Waals surface area contributed by atoms with Crippen molar-refractivity contribution < 1.29 is 14.7 Å². The predicted molar refractivity (Wildman–Crippen MR) is 102 cm³/mol. The molecular formula is C17H22N4O3S2. The Balaban J connectivity index is 2.01. The monoisotopic (exact) mass is 394 g/mol. The molecule has 1 amide bonds. The highest BCUT2D eigenvalue weighted by molar-refractivity contribution is 7.99. The lowest BCUT2D eigenvalue weighted by Gasteiger charge is -2.18. The molecule has 0 saturated carbocycles. The van der Waals surface area contributed by atoms with Crippen molar-refractivity contribution in [2.75, 3.05) is 12.0 Å². The number of hydrogen-bond donors (Lipinski definition) is 2. The maximum Gasteiger partial charge on any atom is 0.305 e. The van der Waals surface area contributed by atoms with E-state index in [-0.39, 0.29) is 24.1 Å². The molecule has 7 nitrogen and oxygen atoms in total. The summed E-state index contributed by atoms with van der Waals surface area (Å²) in [5.41, 5.74) is 0.772. The van der Waals surface area contributed by atoms with Crippen molar-refractivity contribution in [3.8, 4) is 0 Å². The topological polar surface area (TPSA) is 97.1 Å². The molecule has 26 heavy (non-hydrogen) atoms. The highest BCUT2D eigenvalue weighted by Gasteiger charge is 2.19. The zero-order valence-corrected chi connectivity index (χ0v) is 16.5. The molecule has 140 valence electrons. The Hall–Kier alpha value is -2.00. The van der Waals surface area contributed by atoms with Gasteiger partial charge in [0.1, 0.15) is 6.33 Å². The van der Waals surface area contributed by atoms with Crippen molar-refractivity contribution in [3.63, 3.8) is 0 Å². The Kier molecular flexibility index (Phi) is 7.52. The second kappa shape index (κ2) is 9.63. The van der Waals surface area contributed by atoms with Crippen LogP contribution in [0.4, 0.5) is 0 Å². The molecule has 1 unspecified atom stereocenters. The third-order valence-corrected chi connectivity index (χ3v) is 5.36. The van der Waals surface area contributed by atoms with Crippen LogP contribution in [-0.4, -0.2) is 43.8 Å². The lowest BCUT2D eigenvalue weighted by molar-refractivity contribution is -0.137. The maximum absolute atomic E-state index is 12.3. The summed E-state index contributed by atoms with van der Waals surface area (Å²) in [6.45, 7) is 4.02. The fourth-order valence-electron chi connectivity index (χ4n) is 2.32. The quantitative estimate of drug-likeness (QED) is 0.631. The Labute approximate surface area is 161 Å². The van der Waals surface area contributed by atoms with Gasteiger partial charge < -0.3 is 15.0 Å². The predicted octanol–water partition coefficient (Wildman–Crippen LogP) is 3.01. The normalized spacial score (nSPS) is 12.2. The minimum Gasteiger partial charge on any atom is -0.481 e. The Morgan fingerprint density at radius 2 is 1.96 bits per heavy atom. The third kappa shape index (κ3) is 5.77. The zero-order valence-electron chi connectivity index (χ0n) is 14.9. The molecule has 1 aromatic heterocycles. The van der Waals surface area contributed by atoms with E-state index in [1.165, 1.54) is 11.8 Å². The number of amides is 1. The van der Waals surface area contributed by atoms with Gasteiger partial charge in [0.2, 0.25) is 5.91 Å². The van der Waals surface area contributed by atoms with Crippen molar-refractivity contribution in [1.82, 2.24) is 20.1 Å². The highest BCUT2D eigenvalue weighted by Crippen LogP contribution is 2.23. The van der Waals surface area contributed by atoms with Crippen molar-refractivity contribution in [2.45, 2.75) is 42.4 Å². The van der Waals surface area contributed by atoms with Crippen LogP contribution in [0.25, 0.3) is 0 Å². The molecule has 0 aliphatic carbocycles. The number of carbonyl (C=O) groups excluding carboxylic acids is 1. The number of rotatable bonds is 9. The lowest BCUT2D eigenvalue weighted by atomic mass is 10.0. The average molecular weight is 395 g/mol. The molecule has 0 saturated heterocycles. The summed E-state index contributed by atoms with van der Waals surface area (Å²) in [5, 5.41) is 20.5. The number of aliphatic carboxylic acids is 1. The van der Waals surface area contributed by atoms with Gasteiger partial charge in [-0.25, -0.2) is 0 Å². The van der Waals surface area contributed by atoms with Crippen LogP contribution in [0.3, 0.4) is 0 Å². The number of aromatic nitrogens is 3. The summed E-state index contributed by atoms with van der Waals surface area (Å²) >= 11 is 2.88. The minimum absolute atomic E-state index is 0.143. The van der Waals surface area contributed by atoms with Crippen LogP contribution in [0, 0.1) is 0 Å². The first-order valence-electron chi connectivity index (χ1n) is 8.08. The van der Waals surface area contributed by atoms with Gasteiger partial charge >= 0.3 is 5.97 Å². The molecule has 0 spiro atoms. The molecule has 0 aliphatic heterocycles. The van der Waals surface area contributed by atoms with E-state index in [4.69, 9.17) is 5.11 Å². The summed E-state index contributed by atoms with van der Waals surface area (Å²) in [6, 6.07) is 7.16. The van der Waals surface area contributed by atoms with Crippen LogP contribution in [-0.2, 0) is 9.59 Å². The molecule has 2 N–H and O–H groups in total. The lowest BCUT2D eigenvalue weighted by Crippen LogP contribution is -2.31. The van der Waals surface area contributed by atoms with Crippen LogP contribution in [0.5, 0.6) is 0 Å². The number of nitrogens with one attached hydrogen (secondary N) is 1. The number of nitrogens with zero attached hydrogens (tertiary/aromatic N) is 3. The summed E-state index contributed by atoms with van der Waals surface area (Å²) < 4.78 is 1.88. The number of hydrogen-bond acceptors (Lipinski definition) is 6. The van der Waals surface area contributed by atoms with E-state index in [9.17, 15) is 9.59 Å². The van der Waals surface area contributed by atoms with Crippen molar-refractivity contribution in [2.24, 2.45) is 0 Å². The summed E-state index contributed by atoms with van der Waals surface area (Å²) in [6.07, 6.45) is 3.43. The average Bonchev–Trinajstić information content (AvgIpc) is 3.08. The highest BCUT2D eigenvalue weighted by atomic mass is 32.2. The molecule has 0 fully saturated rings. The van der Waals surface area contributed by atoms with Crippen LogP contribution < -0.4 is 5.32 Å². The van der Waals surface area contributed by atoms with E-state index in [2.05, 4.69) is 15.5 Å². The van der Waals surface area contributed by atoms with Crippen molar-refractivity contribution in [1.29, 1.82) is 0 Å². The van der Waals surface area contributed by atoms with Gasteiger partial charge in [0, 0.05) is 10.9 Å². The van der Waals surface area contributed by atoms with Gasteiger partial charge in [0.05, 0.1) is 18.2 Å². The second-order valence-corrected chi connectivity index (χ2v) is 7.72. The molecule has 1 atom stereocenters. The number of thioether (sulfide) groups is 2. The third-order valence-electron chi connectivity index (χ3n) is 3.66. The molecule has 2 aromatic rings. The first-order valence-corrected chi connectivity index (χ1v) is 10.3. The molecular weight excluding hydrogens is 372 g/mol. The van der Waals surface area contributed by atoms with Crippen molar-refractivity contribution >= 4 is 35.4 Å². The molecule has 0 radical (unpaired) electrons. The van der Waals surface area contributed by atoms with E-state index in [1.807, 2.05) is 48.9 Å². The minimum atomic E-state index is -0.962. The van der Waals surface area contributed by atoms with Crippen LogP contribution in [0.1, 0.15) is 37.9 Å². The van der Waals surface area contributed by atoms with E-state index >= 15 is 0 Å². The standard InChI is InChI=1S/C17H22N4O3S2/c1-11(2)21-10-18-20-17(21)26-9-15(22)19-14(8-16(23)24)12-4-6-13(25-3)7-5-12/h4-7,10-11,14H,8-9H2,1-3H3,(H,19,22)(H,23,24). The fourth-order valence-corrected chi connectivity index (χ4v) is 3.58. The fraction of sp³-hybridized carbons (Fsp3) is 0.412. The van der Waals surface area contributed by atoms with Gasteiger partial charge in [-0.3, -0.25) is 9.59 Å². The number of carbonyl (C=O) groups is 2. The molecule has 2 rings (SSSR count). The molecule has 1 heterocycles. The summed E-state index contributed by atoms with van der Waals surface area (Å²) in [5.74, 6) is -1.06. The zero-order chi connectivity index (χ0) is 19.1. The van der Waals surface area contributed by atoms with Gasteiger partial charge in [-0.1, -0.05) is 23.9 Å². The maximum atomic E-state index is 12.3. The van der Waals surface area contributed by atoms with Crippen LogP contribution in [0.2, 0.25) is 0 Å². The largest absolute Gasteiger partial charge is 0.481 e. The SMILES string of the molecule is CSc1ccc(C(CC(=O)O)NC(=O)CSc2nncn2C(C)C)cc1. The Morgan fingerprint density at radius 3 is 2.54 bits per heavy atom. The Bertz CT molecular complexity index is 747. The van der Waals surface area contributed by atoms with Crippen molar-refractivity contribution in [3.05, 3.63) is 36.2 Å². The van der Waals surface area contributed by atoms with Gasteiger partial charge in [-0.15, -0.1) is 22.0 Å². The summed E-state index contributed by atoms with van der Waals surface area (Å²) in [7, 11) is 0. The Morgan fingerprint density at radius 1 is 1.27 bits per heavy atom. The van der Waals surface area contributed by atoms with Gasteiger partial charge in [-0.2, -0.15) is 0 Å². The molecule has 9 heteroatoms. The molecule has 0 aliphatic rings. The van der Waals surface area contributed by atoms with Gasteiger partial charge in [0.25, 0.3) is 0 Å². The van der Waals surface area contributed by atoms with E-state index in [0.29, 0.717) is 5.16 Å². The second-order valence-electron chi connectivity index (χ2n) is 5.89. The van der Waals surface area contributed by atoms with Gasteiger partial charge in [0.15, 0.2) is 5.16 Å². The number of carboxylic acids is 1.